The molecule has 3 aromatic rings. The molecule has 6 nitrogen and oxygen atoms in total. The van der Waals surface area contributed by atoms with Crippen LogP contribution in [0.4, 0.5) is 0 Å². The topological polar surface area (TPSA) is 68.7 Å². The highest BCUT2D eigenvalue weighted by atomic mass is 16.5. The van der Waals surface area contributed by atoms with E-state index < -0.39 is 5.97 Å². The van der Waals surface area contributed by atoms with Crippen molar-refractivity contribution in [3.8, 4) is 5.75 Å². The van der Waals surface area contributed by atoms with Crippen LogP contribution in [0.3, 0.4) is 0 Å². The van der Waals surface area contributed by atoms with Crippen molar-refractivity contribution in [3.63, 3.8) is 0 Å². The summed E-state index contributed by atoms with van der Waals surface area (Å²) < 4.78 is 11.0. The highest BCUT2D eigenvalue weighted by Gasteiger charge is 2.27. The van der Waals surface area contributed by atoms with E-state index >= 15 is 0 Å². The van der Waals surface area contributed by atoms with Gasteiger partial charge in [-0.05, 0) is 24.3 Å². The Balaban J connectivity index is 1.43. The first-order valence-corrected chi connectivity index (χ1v) is 9.64. The zero-order valence-corrected chi connectivity index (χ0v) is 16.2. The van der Waals surface area contributed by atoms with E-state index in [1.54, 1.807) is 35.4 Å². The minimum Gasteiger partial charge on any atom is -0.488 e. The van der Waals surface area contributed by atoms with Crippen LogP contribution in [0.1, 0.15) is 33.6 Å². The van der Waals surface area contributed by atoms with Crippen LogP contribution in [0.5, 0.6) is 5.75 Å². The van der Waals surface area contributed by atoms with Crippen molar-refractivity contribution < 1.29 is 19.1 Å². The number of carbonyl (C=O) groups is 2. The van der Waals surface area contributed by atoms with Gasteiger partial charge in [-0.3, -0.25) is 9.78 Å². The van der Waals surface area contributed by atoms with Crippen LogP contribution >= 0.6 is 0 Å². The Kier molecular flexibility index (Phi) is 5.42. The number of aromatic nitrogens is 1. The number of piperidine rings is 1. The number of esters is 1. The molecule has 2 heterocycles. The molecule has 0 N–H and O–H groups in total. The third kappa shape index (κ3) is 3.92. The van der Waals surface area contributed by atoms with Crippen molar-refractivity contribution >= 4 is 22.8 Å². The summed E-state index contributed by atoms with van der Waals surface area (Å²) in [5.41, 5.74) is 1.51. The number of likely N-dealkylation sites (tertiary alicyclic amines) is 1. The van der Waals surface area contributed by atoms with Crippen molar-refractivity contribution in [3.05, 3.63) is 71.9 Å². The fourth-order valence-corrected chi connectivity index (χ4v) is 3.66. The van der Waals surface area contributed by atoms with Crippen LogP contribution in [0, 0.1) is 0 Å². The number of pyridine rings is 1. The van der Waals surface area contributed by atoms with Gasteiger partial charge < -0.3 is 14.4 Å². The fraction of sp³-hybridized carbons (Fsp3) is 0.261. The molecule has 1 aliphatic heterocycles. The number of ether oxygens (including phenoxy) is 2. The Hall–Kier alpha value is -3.41. The Labute approximate surface area is 169 Å². The van der Waals surface area contributed by atoms with Gasteiger partial charge in [0.25, 0.3) is 5.91 Å². The van der Waals surface area contributed by atoms with Crippen LogP contribution in [-0.4, -0.2) is 48.1 Å². The molecule has 0 unspecified atom stereocenters. The number of hydrogen-bond donors (Lipinski definition) is 0. The van der Waals surface area contributed by atoms with Gasteiger partial charge in [0, 0.05) is 37.5 Å². The van der Waals surface area contributed by atoms with Crippen LogP contribution in [-0.2, 0) is 4.74 Å². The molecule has 1 aliphatic rings. The summed E-state index contributed by atoms with van der Waals surface area (Å²) in [6.45, 7) is 1.13. The van der Waals surface area contributed by atoms with Crippen molar-refractivity contribution in [1.29, 1.82) is 0 Å². The molecule has 2 aromatic carbocycles. The minimum absolute atomic E-state index is 0.0162. The number of rotatable bonds is 4. The Morgan fingerprint density at radius 2 is 1.69 bits per heavy atom. The van der Waals surface area contributed by atoms with Crippen LogP contribution < -0.4 is 4.74 Å². The lowest BCUT2D eigenvalue weighted by molar-refractivity contribution is 0.0557. The Bertz CT molecular complexity index is 1040. The van der Waals surface area contributed by atoms with E-state index in [1.165, 1.54) is 7.11 Å². The molecule has 6 heteroatoms. The standard InChI is InChI=1S/C23H22N2O4/c1-28-23(27)19-9-3-2-8-18(19)22(26)25-14-11-17(12-15-25)29-20-10-4-6-16-7-5-13-24-21(16)20/h2-10,13,17H,11-12,14-15H2,1H3. The van der Waals surface area contributed by atoms with Gasteiger partial charge in [-0.15, -0.1) is 0 Å². The van der Waals surface area contributed by atoms with Crippen LogP contribution in [0.15, 0.2) is 60.8 Å². The molecular formula is C23H22N2O4. The summed E-state index contributed by atoms with van der Waals surface area (Å²) in [6.07, 6.45) is 3.21. The molecule has 1 saturated heterocycles. The molecule has 0 atom stereocenters. The summed E-state index contributed by atoms with van der Waals surface area (Å²) in [4.78, 5) is 31.1. The summed E-state index contributed by atoms with van der Waals surface area (Å²) in [5, 5.41) is 1.04. The lowest BCUT2D eigenvalue weighted by Crippen LogP contribution is -2.42. The summed E-state index contributed by atoms with van der Waals surface area (Å²) >= 11 is 0. The van der Waals surface area contributed by atoms with Gasteiger partial charge >= 0.3 is 5.97 Å². The quantitative estimate of drug-likeness (QED) is 0.636. The summed E-state index contributed by atoms with van der Waals surface area (Å²) in [5.74, 6) is 0.107. The second kappa shape index (κ2) is 8.31. The molecule has 4 rings (SSSR count). The van der Waals surface area contributed by atoms with Crippen molar-refractivity contribution in [2.24, 2.45) is 0 Å². The van der Waals surface area contributed by atoms with Crippen LogP contribution in [0.2, 0.25) is 0 Å². The monoisotopic (exact) mass is 390 g/mol. The van der Waals surface area contributed by atoms with Crippen LogP contribution in [0.25, 0.3) is 10.9 Å². The zero-order valence-electron chi connectivity index (χ0n) is 16.2. The van der Waals surface area contributed by atoms with E-state index in [9.17, 15) is 9.59 Å². The number of nitrogens with zero attached hydrogens (tertiary/aromatic N) is 2. The van der Waals surface area contributed by atoms with Gasteiger partial charge in [0.15, 0.2) is 0 Å². The number of methoxy groups -OCH3 is 1. The molecule has 0 saturated carbocycles. The second-order valence-electron chi connectivity index (χ2n) is 6.98. The molecule has 1 amide bonds. The van der Waals surface area contributed by atoms with E-state index in [1.807, 2.05) is 30.3 Å². The predicted molar refractivity (Wildman–Crippen MR) is 109 cm³/mol. The molecule has 1 fully saturated rings. The summed E-state index contributed by atoms with van der Waals surface area (Å²) in [7, 11) is 1.31. The molecular weight excluding hydrogens is 368 g/mol. The number of para-hydroxylation sites is 1. The van der Waals surface area contributed by atoms with E-state index in [4.69, 9.17) is 9.47 Å². The smallest absolute Gasteiger partial charge is 0.338 e. The maximum atomic E-state index is 12.9. The molecule has 0 radical (unpaired) electrons. The normalized spacial score (nSPS) is 14.6. The van der Waals surface area contributed by atoms with Crippen molar-refractivity contribution in [2.45, 2.75) is 18.9 Å². The minimum atomic E-state index is -0.504. The van der Waals surface area contributed by atoms with E-state index in [2.05, 4.69) is 4.98 Å². The van der Waals surface area contributed by atoms with Gasteiger partial charge in [0.1, 0.15) is 17.4 Å². The molecule has 1 aromatic heterocycles. The molecule has 148 valence electrons. The average Bonchev–Trinajstić information content (AvgIpc) is 2.79. The Morgan fingerprint density at radius 3 is 2.45 bits per heavy atom. The average molecular weight is 390 g/mol. The maximum Gasteiger partial charge on any atom is 0.338 e. The first-order chi connectivity index (χ1) is 14.2. The maximum absolute atomic E-state index is 12.9. The van der Waals surface area contributed by atoms with Crippen molar-refractivity contribution in [2.75, 3.05) is 20.2 Å². The first kappa shape index (κ1) is 18.9. The zero-order chi connectivity index (χ0) is 20.2. The number of hydrogen-bond acceptors (Lipinski definition) is 5. The lowest BCUT2D eigenvalue weighted by Gasteiger charge is -2.32. The number of amides is 1. The highest BCUT2D eigenvalue weighted by Crippen LogP contribution is 2.27. The summed E-state index contributed by atoms with van der Waals surface area (Å²) in [6, 6.07) is 16.6. The van der Waals surface area contributed by atoms with Gasteiger partial charge in [-0.1, -0.05) is 30.3 Å². The fourth-order valence-electron chi connectivity index (χ4n) is 3.66. The van der Waals surface area contributed by atoms with Gasteiger partial charge in [-0.2, -0.15) is 0 Å². The number of fused-ring (bicyclic) bond motifs is 1. The van der Waals surface area contributed by atoms with E-state index in [-0.39, 0.29) is 12.0 Å². The lowest BCUT2D eigenvalue weighted by atomic mass is 10.0. The first-order valence-electron chi connectivity index (χ1n) is 9.64. The SMILES string of the molecule is COC(=O)c1ccccc1C(=O)N1CCC(Oc2cccc3cccnc23)CC1. The van der Waals surface area contributed by atoms with Gasteiger partial charge in [0.2, 0.25) is 0 Å². The Morgan fingerprint density at radius 1 is 0.966 bits per heavy atom. The van der Waals surface area contributed by atoms with Gasteiger partial charge in [-0.25, -0.2) is 4.79 Å². The molecule has 0 aliphatic carbocycles. The van der Waals surface area contributed by atoms with Crippen molar-refractivity contribution in [1.82, 2.24) is 9.88 Å². The van der Waals surface area contributed by atoms with E-state index in [0.717, 1.165) is 29.5 Å². The number of carbonyl (C=O) groups excluding carboxylic acids is 2. The third-order valence-corrected chi connectivity index (χ3v) is 5.18. The number of benzene rings is 2. The highest BCUT2D eigenvalue weighted by molar-refractivity contribution is 6.05. The predicted octanol–water partition coefficient (Wildman–Crippen LogP) is 3.71. The van der Waals surface area contributed by atoms with Gasteiger partial charge in [0.05, 0.1) is 18.2 Å². The third-order valence-electron chi connectivity index (χ3n) is 5.18. The van der Waals surface area contributed by atoms with E-state index in [0.29, 0.717) is 24.2 Å². The largest absolute Gasteiger partial charge is 0.488 e. The molecule has 0 spiro atoms. The second-order valence-corrected chi connectivity index (χ2v) is 6.98. The molecule has 29 heavy (non-hydrogen) atoms. The molecule has 0 bridgehead atoms.